The molecule has 2 aromatic rings. The van der Waals surface area contributed by atoms with Gasteiger partial charge < -0.3 is 10.1 Å². The van der Waals surface area contributed by atoms with Crippen molar-refractivity contribution in [1.29, 1.82) is 0 Å². The Labute approximate surface area is 125 Å². The summed E-state index contributed by atoms with van der Waals surface area (Å²) in [6, 6.07) is 18.8. The largest absolute Gasteiger partial charge is 0.497 e. The van der Waals surface area contributed by atoms with Gasteiger partial charge in [0.15, 0.2) is 0 Å². The number of rotatable bonds is 7. The van der Waals surface area contributed by atoms with Gasteiger partial charge in [0.25, 0.3) is 0 Å². The maximum Gasteiger partial charge on any atom is 0.118 e. The van der Waals surface area contributed by atoms with Crippen LogP contribution in [0.2, 0.25) is 0 Å². The van der Waals surface area contributed by atoms with Crippen LogP contribution < -0.4 is 10.1 Å². The fourth-order valence-electron chi connectivity index (χ4n) is 2.09. The molecule has 1 atom stereocenters. The van der Waals surface area contributed by atoms with Gasteiger partial charge in [0, 0.05) is 18.5 Å². The molecule has 0 aromatic heterocycles. The van der Waals surface area contributed by atoms with E-state index in [-0.39, 0.29) is 6.04 Å². The molecule has 3 heteroatoms. The minimum atomic E-state index is 0.279. The molecular formula is C17H20ClNO. The van der Waals surface area contributed by atoms with Crippen LogP contribution in [0.15, 0.2) is 54.6 Å². The molecule has 0 amide bonds. The fourth-order valence-corrected chi connectivity index (χ4v) is 2.30. The summed E-state index contributed by atoms with van der Waals surface area (Å²) in [5.41, 5.74) is 2.54. The lowest BCUT2D eigenvalue weighted by Gasteiger charge is -2.16. The maximum absolute atomic E-state index is 6.05. The number of benzene rings is 2. The number of hydrogen-bond donors (Lipinski definition) is 1. The van der Waals surface area contributed by atoms with Gasteiger partial charge in [-0.1, -0.05) is 42.5 Å². The lowest BCUT2D eigenvalue weighted by atomic mass is 10.1. The molecular weight excluding hydrogens is 270 g/mol. The van der Waals surface area contributed by atoms with E-state index in [9.17, 15) is 0 Å². The Kier molecular flexibility index (Phi) is 5.90. The van der Waals surface area contributed by atoms with Crippen LogP contribution in [0.25, 0.3) is 0 Å². The van der Waals surface area contributed by atoms with Crippen molar-refractivity contribution in [2.75, 3.05) is 13.0 Å². The number of methoxy groups -OCH3 is 1. The highest BCUT2D eigenvalue weighted by Crippen LogP contribution is 2.12. The van der Waals surface area contributed by atoms with Gasteiger partial charge in [0.05, 0.1) is 7.11 Å². The Hall–Kier alpha value is -1.51. The van der Waals surface area contributed by atoms with Gasteiger partial charge in [-0.05, 0) is 29.7 Å². The van der Waals surface area contributed by atoms with Crippen molar-refractivity contribution >= 4 is 11.6 Å². The summed E-state index contributed by atoms with van der Waals surface area (Å²) >= 11 is 6.05. The average Bonchev–Trinajstić information content (AvgIpc) is 2.53. The lowest BCUT2D eigenvalue weighted by Crippen LogP contribution is -2.32. The first-order chi connectivity index (χ1) is 9.81. The van der Waals surface area contributed by atoms with Crippen LogP contribution in [-0.2, 0) is 13.0 Å². The second-order valence-corrected chi connectivity index (χ2v) is 5.08. The molecule has 0 bridgehead atoms. The van der Waals surface area contributed by atoms with Crippen molar-refractivity contribution in [3.8, 4) is 5.75 Å². The third kappa shape index (κ3) is 4.55. The minimum absolute atomic E-state index is 0.279. The van der Waals surface area contributed by atoms with Crippen LogP contribution in [0.5, 0.6) is 5.75 Å². The molecule has 0 spiro atoms. The van der Waals surface area contributed by atoms with Crippen LogP contribution >= 0.6 is 11.6 Å². The van der Waals surface area contributed by atoms with Crippen molar-refractivity contribution in [2.24, 2.45) is 0 Å². The standard InChI is InChI=1S/C17H20ClNO/c1-20-17-9-7-15(8-10-17)13-19-16(12-18)11-14-5-3-2-4-6-14/h2-10,16,19H,11-13H2,1H3. The van der Waals surface area contributed by atoms with Gasteiger partial charge in [0.2, 0.25) is 0 Å². The highest BCUT2D eigenvalue weighted by atomic mass is 35.5. The van der Waals surface area contributed by atoms with Gasteiger partial charge in [-0.15, -0.1) is 11.6 Å². The van der Waals surface area contributed by atoms with E-state index in [1.54, 1.807) is 7.11 Å². The van der Waals surface area contributed by atoms with E-state index in [1.807, 2.05) is 18.2 Å². The van der Waals surface area contributed by atoms with Crippen molar-refractivity contribution in [2.45, 2.75) is 19.0 Å². The Balaban J connectivity index is 1.86. The first-order valence-corrected chi connectivity index (χ1v) is 7.31. The fraction of sp³-hybridized carbons (Fsp3) is 0.294. The Morgan fingerprint density at radius 2 is 1.70 bits per heavy atom. The third-order valence-electron chi connectivity index (χ3n) is 3.27. The first-order valence-electron chi connectivity index (χ1n) is 6.78. The first kappa shape index (κ1) is 14.9. The van der Waals surface area contributed by atoms with Crippen molar-refractivity contribution < 1.29 is 4.74 Å². The summed E-state index contributed by atoms with van der Waals surface area (Å²) in [6.45, 7) is 0.814. The number of alkyl halides is 1. The molecule has 2 nitrogen and oxygen atoms in total. The molecule has 0 fully saturated rings. The molecule has 0 aliphatic rings. The van der Waals surface area contributed by atoms with E-state index in [1.165, 1.54) is 11.1 Å². The Morgan fingerprint density at radius 1 is 1.00 bits per heavy atom. The van der Waals surface area contributed by atoms with E-state index in [2.05, 4.69) is 41.7 Å². The van der Waals surface area contributed by atoms with Gasteiger partial charge in [0.1, 0.15) is 5.75 Å². The normalized spacial score (nSPS) is 12.1. The molecule has 20 heavy (non-hydrogen) atoms. The molecule has 0 radical (unpaired) electrons. The molecule has 0 aliphatic carbocycles. The van der Waals surface area contributed by atoms with Gasteiger partial charge in [-0.25, -0.2) is 0 Å². The zero-order valence-electron chi connectivity index (χ0n) is 11.7. The van der Waals surface area contributed by atoms with Gasteiger partial charge in [-0.3, -0.25) is 0 Å². The van der Waals surface area contributed by atoms with E-state index < -0.39 is 0 Å². The zero-order chi connectivity index (χ0) is 14.2. The van der Waals surface area contributed by atoms with Gasteiger partial charge >= 0.3 is 0 Å². The highest BCUT2D eigenvalue weighted by molar-refractivity contribution is 6.18. The second-order valence-electron chi connectivity index (χ2n) is 4.77. The average molecular weight is 290 g/mol. The lowest BCUT2D eigenvalue weighted by molar-refractivity contribution is 0.414. The van der Waals surface area contributed by atoms with Crippen LogP contribution in [0.4, 0.5) is 0 Å². The second kappa shape index (κ2) is 7.93. The summed E-state index contributed by atoms with van der Waals surface area (Å²) in [4.78, 5) is 0. The summed E-state index contributed by atoms with van der Waals surface area (Å²) in [5.74, 6) is 1.48. The molecule has 1 unspecified atom stereocenters. The van der Waals surface area contributed by atoms with E-state index in [0.29, 0.717) is 5.88 Å². The number of halogens is 1. The molecule has 0 aliphatic heterocycles. The quantitative estimate of drug-likeness (QED) is 0.786. The molecule has 0 saturated heterocycles. The molecule has 2 rings (SSSR count). The Bertz CT molecular complexity index is 498. The molecule has 1 N–H and O–H groups in total. The minimum Gasteiger partial charge on any atom is -0.497 e. The van der Waals surface area contributed by atoms with Crippen molar-refractivity contribution in [3.63, 3.8) is 0 Å². The summed E-state index contributed by atoms with van der Waals surface area (Å²) in [7, 11) is 1.68. The van der Waals surface area contributed by atoms with E-state index in [4.69, 9.17) is 16.3 Å². The smallest absolute Gasteiger partial charge is 0.118 e. The van der Waals surface area contributed by atoms with E-state index in [0.717, 1.165) is 18.7 Å². The molecule has 106 valence electrons. The number of ether oxygens (including phenoxy) is 1. The monoisotopic (exact) mass is 289 g/mol. The van der Waals surface area contributed by atoms with Crippen molar-refractivity contribution in [3.05, 3.63) is 65.7 Å². The summed E-state index contributed by atoms with van der Waals surface area (Å²) < 4.78 is 5.15. The topological polar surface area (TPSA) is 21.3 Å². The molecule has 2 aromatic carbocycles. The maximum atomic E-state index is 6.05. The summed E-state index contributed by atoms with van der Waals surface area (Å²) in [6.07, 6.45) is 0.945. The zero-order valence-corrected chi connectivity index (χ0v) is 12.4. The molecule has 0 saturated carbocycles. The van der Waals surface area contributed by atoms with Crippen LogP contribution in [0.1, 0.15) is 11.1 Å². The van der Waals surface area contributed by atoms with Crippen molar-refractivity contribution in [1.82, 2.24) is 5.32 Å². The predicted molar refractivity (Wildman–Crippen MR) is 84.5 cm³/mol. The summed E-state index contributed by atoms with van der Waals surface area (Å²) in [5, 5.41) is 3.50. The highest BCUT2D eigenvalue weighted by Gasteiger charge is 2.07. The Morgan fingerprint density at radius 3 is 2.30 bits per heavy atom. The number of nitrogens with one attached hydrogen (secondary N) is 1. The van der Waals surface area contributed by atoms with Crippen LogP contribution in [0, 0.1) is 0 Å². The SMILES string of the molecule is COc1ccc(CNC(CCl)Cc2ccccc2)cc1. The third-order valence-corrected chi connectivity index (χ3v) is 3.64. The predicted octanol–water partition coefficient (Wildman–Crippen LogP) is 3.63. The molecule has 0 heterocycles. The van der Waals surface area contributed by atoms with Crippen LogP contribution in [0.3, 0.4) is 0 Å². The van der Waals surface area contributed by atoms with Crippen LogP contribution in [-0.4, -0.2) is 19.0 Å². The van der Waals surface area contributed by atoms with Gasteiger partial charge in [-0.2, -0.15) is 0 Å². The van der Waals surface area contributed by atoms with E-state index >= 15 is 0 Å². The number of hydrogen-bond acceptors (Lipinski definition) is 2.